The van der Waals surface area contributed by atoms with Crippen LogP contribution in [0.1, 0.15) is 23.1 Å². The van der Waals surface area contributed by atoms with Gasteiger partial charge in [0.1, 0.15) is 6.29 Å². The number of benzene rings is 2. The fourth-order valence-electron chi connectivity index (χ4n) is 2.88. The second kappa shape index (κ2) is 4.25. The van der Waals surface area contributed by atoms with Gasteiger partial charge in [0.25, 0.3) is 0 Å². The highest BCUT2D eigenvalue weighted by molar-refractivity contribution is 6.30. The molecule has 0 aliphatic heterocycles. The molecule has 1 unspecified atom stereocenters. The lowest BCUT2D eigenvalue weighted by Gasteiger charge is -2.24. The van der Waals surface area contributed by atoms with Gasteiger partial charge >= 0.3 is 0 Å². The molecule has 18 heavy (non-hydrogen) atoms. The van der Waals surface area contributed by atoms with Gasteiger partial charge in [-0.25, -0.2) is 0 Å². The SMILES string of the molecule is O=CC1(c2ccc(Cl)cc2)CCc2ccccc21. The van der Waals surface area contributed by atoms with Crippen LogP contribution in [0, 0.1) is 0 Å². The molecule has 0 bridgehead atoms. The van der Waals surface area contributed by atoms with Crippen molar-refractivity contribution < 1.29 is 4.79 Å². The van der Waals surface area contributed by atoms with E-state index in [0.29, 0.717) is 5.02 Å². The van der Waals surface area contributed by atoms with E-state index in [0.717, 1.165) is 30.3 Å². The van der Waals surface area contributed by atoms with Gasteiger partial charge in [-0.2, -0.15) is 0 Å². The van der Waals surface area contributed by atoms with Crippen molar-refractivity contribution in [1.29, 1.82) is 0 Å². The van der Waals surface area contributed by atoms with E-state index < -0.39 is 5.41 Å². The van der Waals surface area contributed by atoms with Gasteiger partial charge in [0, 0.05) is 5.02 Å². The lowest BCUT2D eigenvalue weighted by molar-refractivity contribution is -0.111. The predicted molar refractivity (Wildman–Crippen MR) is 73.1 cm³/mol. The molecule has 1 aliphatic carbocycles. The number of halogens is 1. The van der Waals surface area contributed by atoms with Crippen molar-refractivity contribution in [2.45, 2.75) is 18.3 Å². The maximum atomic E-state index is 11.7. The first-order valence-electron chi connectivity index (χ1n) is 6.07. The van der Waals surface area contributed by atoms with E-state index in [1.807, 2.05) is 36.4 Å². The molecule has 0 saturated carbocycles. The van der Waals surface area contributed by atoms with E-state index in [1.165, 1.54) is 5.56 Å². The van der Waals surface area contributed by atoms with Gasteiger partial charge in [-0.1, -0.05) is 48.0 Å². The van der Waals surface area contributed by atoms with Gasteiger partial charge in [0.2, 0.25) is 0 Å². The summed E-state index contributed by atoms with van der Waals surface area (Å²) in [5, 5.41) is 0.700. The van der Waals surface area contributed by atoms with Gasteiger partial charge in [0.05, 0.1) is 5.41 Å². The van der Waals surface area contributed by atoms with E-state index in [-0.39, 0.29) is 0 Å². The minimum atomic E-state index is -0.485. The average Bonchev–Trinajstić information content (AvgIpc) is 2.80. The standard InChI is InChI=1S/C16H13ClO/c17-14-7-5-13(6-8-14)16(11-18)10-9-12-3-1-2-4-15(12)16/h1-8,11H,9-10H2. The molecule has 2 aromatic rings. The number of carbonyl (C=O) groups excluding carboxylic acids is 1. The highest BCUT2D eigenvalue weighted by Gasteiger charge is 2.39. The third kappa shape index (κ3) is 1.58. The molecule has 1 aliphatic rings. The zero-order valence-electron chi connectivity index (χ0n) is 9.90. The molecule has 0 N–H and O–H groups in total. The van der Waals surface area contributed by atoms with Crippen LogP contribution in [0.4, 0.5) is 0 Å². The third-order valence-electron chi connectivity index (χ3n) is 3.85. The molecule has 3 rings (SSSR count). The summed E-state index contributed by atoms with van der Waals surface area (Å²) in [6.07, 6.45) is 2.89. The number of fused-ring (bicyclic) bond motifs is 1. The van der Waals surface area contributed by atoms with Crippen molar-refractivity contribution >= 4 is 17.9 Å². The van der Waals surface area contributed by atoms with E-state index in [9.17, 15) is 4.79 Å². The van der Waals surface area contributed by atoms with E-state index in [2.05, 4.69) is 12.1 Å². The van der Waals surface area contributed by atoms with E-state index >= 15 is 0 Å². The summed E-state index contributed by atoms with van der Waals surface area (Å²) < 4.78 is 0. The van der Waals surface area contributed by atoms with Crippen LogP contribution in [0.25, 0.3) is 0 Å². The Balaban J connectivity index is 2.18. The lowest BCUT2D eigenvalue weighted by atomic mass is 9.77. The monoisotopic (exact) mass is 256 g/mol. The summed E-state index contributed by atoms with van der Waals surface area (Å²) in [5.74, 6) is 0. The van der Waals surface area contributed by atoms with Crippen LogP contribution in [-0.2, 0) is 16.6 Å². The molecule has 0 spiro atoms. The van der Waals surface area contributed by atoms with Gasteiger partial charge in [-0.3, -0.25) is 0 Å². The molecular weight excluding hydrogens is 244 g/mol. The summed E-state index contributed by atoms with van der Waals surface area (Å²) >= 11 is 5.92. The molecule has 0 fully saturated rings. The second-order valence-electron chi connectivity index (χ2n) is 4.75. The molecule has 0 saturated heterocycles. The highest BCUT2D eigenvalue weighted by atomic mass is 35.5. The Labute approximate surface area is 111 Å². The second-order valence-corrected chi connectivity index (χ2v) is 5.19. The molecule has 90 valence electrons. The van der Waals surface area contributed by atoms with Crippen LogP contribution in [0.15, 0.2) is 48.5 Å². The zero-order chi connectivity index (χ0) is 12.6. The number of hydrogen-bond donors (Lipinski definition) is 0. The number of aldehydes is 1. The number of rotatable bonds is 2. The van der Waals surface area contributed by atoms with Crippen LogP contribution >= 0.6 is 11.6 Å². The predicted octanol–water partition coefficient (Wildman–Crippen LogP) is 3.77. The van der Waals surface area contributed by atoms with Crippen LogP contribution in [0.2, 0.25) is 5.02 Å². The maximum absolute atomic E-state index is 11.7. The van der Waals surface area contributed by atoms with Gasteiger partial charge in [0.15, 0.2) is 0 Å². The number of hydrogen-bond acceptors (Lipinski definition) is 1. The summed E-state index contributed by atoms with van der Waals surface area (Å²) in [6.45, 7) is 0. The van der Waals surface area contributed by atoms with Crippen molar-refractivity contribution in [3.8, 4) is 0 Å². The number of carbonyl (C=O) groups is 1. The van der Waals surface area contributed by atoms with Gasteiger partial charge in [-0.15, -0.1) is 0 Å². The fraction of sp³-hybridized carbons (Fsp3) is 0.188. The molecule has 1 nitrogen and oxygen atoms in total. The van der Waals surface area contributed by atoms with Crippen molar-refractivity contribution in [3.05, 3.63) is 70.2 Å². The van der Waals surface area contributed by atoms with Crippen LogP contribution in [0.3, 0.4) is 0 Å². The first-order chi connectivity index (χ1) is 8.76. The smallest absolute Gasteiger partial charge is 0.134 e. The minimum Gasteiger partial charge on any atom is -0.302 e. The first-order valence-corrected chi connectivity index (χ1v) is 6.45. The molecule has 0 radical (unpaired) electrons. The Morgan fingerprint density at radius 1 is 1.06 bits per heavy atom. The molecule has 0 amide bonds. The Kier molecular flexibility index (Phi) is 2.71. The molecule has 0 heterocycles. The summed E-state index contributed by atoms with van der Waals surface area (Å²) in [7, 11) is 0. The zero-order valence-corrected chi connectivity index (χ0v) is 10.7. The van der Waals surface area contributed by atoms with Gasteiger partial charge < -0.3 is 4.79 Å². The van der Waals surface area contributed by atoms with Crippen molar-refractivity contribution in [1.82, 2.24) is 0 Å². The molecule has 2 aromatic carbocycles. The fourth-order valence-corrected chi connectivity index (χ4v) is 3.00. The topological polar surface area (TPSA) is 17.1 Å². The van der Waals surface area contributed by atoms with Crippen LogP contribution in [-0.4, -0.2) is 6.29 Å². The maximum Gasteiger partial charge on any atom is 0.134 e. The van der Waals surface area contributed by atoms with Crippen LogP contribution in [0.5, 0.6) is 0 Å². The Hall–Kier alpha value is -1.60. The van der Waals surface area contributed by atoms with Crippen molar-refractivity contribution in [2.75, 3.05) is 0 Å². The lowest BCUT2D eigenvalue weighted by Crippen LogP contribution is -2.26. The summed E-state index contributed by atoms with van der Waals surface area (Å²) in [4.78, 5) is 11.7. The van der Waals surface area contributed by atoms with Crippen molar-refractivity contribution in [2.24, 2.45) is 0 Å². The normalized spacial score (nSPS) is 21.6. The van der Waals surface area contributed by atoms with Gasteiger partial charge in [-0.05, 0) is 41.7 Å². The van der Waals surface area contributed by atoms with E-state index in [1.54, 1.807) is 0 Å². The number of aryl methyl sites for hydroxylation is 1. The largest absolute Gasteiger partial charge is 0.302 e. The van der Waals surface area contributed by atoms with Crippen LogP contribution < -0.4 is 0 Å². The Bertz CT molecular complexity index is 588. The average molecular weight is 257 g/mol. The quantitative estimate of drug-likeness (QED) is 0.748. The third-order valence-corrected chi connectivity index (χ3v) is 4.10. The Morgan fingerprint density at radius 3 is 2.50 bits per heavy atom. The highest BCUT2D eigenvalue weighted by Crippen LogP contribution is 2.42. The minimum absolute atomic E-state index is 0.485. The van der Waals surface area contributed by atoms with Crippen molar-refractivity contribution in [3.63, 3.8) is 0 Å². The Morgan fingerprint density at radius 2 is 1.78 bits per heavy atom. The molecule has 2 heteroatoms. The molecule has 0 aromatic heterocycles. The molecule has 1 atom stereocenters. The molecular formula is C16H13ClO. The first kappa shape index (κ1) is 11.5. The summed E-state index contributed by atoms with van der Waals surface area (Å²) in [5.41, 5.74) is 2.97. The summed E-state index contributed by atoms with van der Waals surface area (Å²) in [6, 6.07) is 15.8. The van der Waals surface area contributed by atoms with E-state index in [4.69, 9.17) is 11.6 Å².